The monoisotopic (exact) mass is 332 g/mol. The fourth-order valence-corrected chi connectivity index (χ4v) is 4.61. The van der Waals surface area contributed by atoms with E-state index in [0.717, 1.165) is 11.4 Å². The summed E-state index contributed by atoms with van der Waals surface area (Å²) in [6.45, 7) is 4.74. The Hall–Kier alpha value is -2.05. The summed E-state index contributed by atoms with van der Waals surface area (Å²) in [4.78, 5) is 0. The van der Waals surface area contributed by atoms with E-state index < -0.39 is 0 Å². The van der Waals surface area contributed by atoms with Gasteiger partial charge in [-0.05, 0) is 40.8 Å². The number of halogens is 1. The average Bonchev–Trinajstić information content (AvgIpc) is 2.86. The van der Waals surface area contributed by atoms with Crippen LogP contribution in [0.3, 0.4) is 0 Å². The van der Waals surface area contributed by atoms with Crippen molar-refractivity contribution < 1.29 is 0 Å². The van der Waals surface area contributed by atoms with Crippen molar-refractivity contribution in [1.82, 2.24) is 0 Å². The highest BCUT2D eigenvalue weighted by Crippen LogP contribution is 2.55. The Labute approximate surface area is 149 Å². The van der Waals surface area contributed by atoms with Crippen LogP contribution in [0.1, 0.15) is 42.5 Å². The van der Waals surface area contributed by atoms with Crippen LogP contribution in [0.2, 0.25) is 5.02 Å². The molecule has 0 saturated heterocycles. The Morgan fingerprint density at radius 1 is 0.625 bits per heavy atom. The third-order valence-corrected chi connectivity index (χ3v) is 5.97. The molecule has 1 aliphatic rings. The maximum Gasteiger partial charge on any atom is 0.0406 e. The number of hydrogen-bond donors (Lipinski definition) is 0. The van der Waals surface area contributed by atoms with Gasteiger partial charge in [0.15, 0.2) is 0 Å². The van der Waals surface area contributed by atoms with Crippen LogP contribution in [0.5, 0.6) is 0 Å². The highest BCUT2D eigenvalue weighted by atomic mass is 35.5. The molecule has 0 heterocycles. The summed E-state index contributed by atoms with van der Waals surface area (Å²) in [6, 6.07) is 28.1. The van der Waals surface area contributed by atoms with Crippen molar-refractivity contribution in [3.63, 3.8) is 0 Å². The van der Waals surface area contributed by atoms with Crippen LogP contribution >= 0.6 is 11.6 Å². The first-order chi connectivity index (χ1) is 11.5. The zero-order valence-electron chi connectivity index (χ0n) is 14.1. The van der Waals surface area contributed by atoms with Crippen molar-refractivity contribution in [1.29, 1.82) is 0 Å². The van der Waals surface area contributed by atoms with E-state index in [1.54, 1.807) is 0 Å². The lowest BCUT2D eigenvalue weighted by Gasteiger charge is -2.31. The molecule has 0 fully saturated rings. The molecule has 4 rings (SSSR count). The molecular weight excluding hydrogens is 312 g/mol. The summed E-state index contributed by atoms with van der Waals surface area (Å²) in [7, 11) is 0. The van der Waals surface area contributed by atoms with E-state index in [-0.39, 0.29) is 10.8 Å². The first-order valence-electron chi connectivity index (χ1n) is 8.46. The Morgan fingerprint density at radius 3 is 1.62 bits per heavy atom. The maximum atomic E-state index is 6.12. The van der Waals surface area contributed by atoms with Crippen LogP contribution < -0.4 is 0 Å². The van der Waals surface area contributed by atoms with Crippen LogP contribution in [-0.2, 0) is 10.8 Å². The molecule has 2 unspecified atom stereocenters. The molecule has 0 spiro atoms. The number of hydrogen-bond acceptors (Lipinski definition) is 0. The van der Waals surface area contributed by atoms with Crippen LogP contribution in [0, 0.1) is 0 Å². The Balaban J connectivity index is 1.92. The minimum Gasteiger partial charge on any atom is -0.0843 e. The van der Waals surface area contributed by atoms with Crippen molar-refractivity contribution >= 4 is 11.6 Å². The van der Waals surface area contributed by atoms with Crippen molar-refractivity contribution in [2.45, 2.75) is 31.1 Å². The summed E-state index contributed by atoms with van der Waals surface area (Å²) in [5.41, 5.74) is 5.60. The zero-order chi connectivity index (χ0) is 16.8. The Morgan fingerprint density at radius 2 is 1.08 bits per heavy atom. The van der Waals surface area contributed by atoms with Gasteiger partial charge in [0.25, 0.3) is 0 Å². The van der Waals surface area contributed by atoms with Crippen LogP contribution in [0.25, 0.3) is 0 Å². The van der Waals surface area contributed by atoms with Gasteiger partial charge in [0.2, 0.25) is 0 Å². The molecule has 3 aromatic rings. The molecule has 0 bridgehead atoms. The van der Waals surface area contributed by atoms with Gasteiger partial charge in [-0.15, -0.1) is 0 Å². The van der Waals surface area contributed by atoms with Crippen LogP contribution in [0.15, 0.2) is 78.9 Å². The van der Waals surface area contributed by atoms with E-state index in [2.05, 4.69) is 80.6 Å². The van der Waals surface area contributed by atoms with Crippen molar-refractivity contribution in [2.24, 2.45) is 0 Å². The van der Waals surface area contributed by atoms with E-state index in [1.165, 1.54) is 22.3 Å². The van der Waals surface area contributed by atoms with Gasteiger partial charge in [0.05, 0.1) is 0 Å². The minimum absolute atomic E-state index is 0.00816. The van der Waals surface area contributed by atoms with Crippen LogP contribution in [0.4, 0.5) is 0 Å². The quantitative estimate of drug-likeness (QED) is 0.512. The standard InChI is InChI=1S/C23H21Cl/c1-22(17-8-4-3-5-9-17)16-23(2,18-12-14-19(24)15-13-18)21-11-7-6-10-20(21)22/h3-15H,16H2,1-2H3. The predicted octanol–water partition coefficient (Wildman–Crippen LogP) is 6.36. The zero-order valence-corrected chi connectivity index (χ0v) is 14.8. The minimum atomic E-state index is -0.00816. The lowest BCUT2D eigenvalue weighted by atomic mass is 9.72. The van der Waals surface area contributed by atoms with Crippen molar-refractivity contribution in [3.05, 3.63) is 106 Å². The maximum absolute atomic E-state index is 6.12. The van der Waals surface area contributed by atoms with Crippen molar-refractivity contribution in [3.8, 4) is 0 Å². The molecule has 0 N–H and O–H groups in total. The molecule has 0 aliphatic heterocycles. The second-order valence-electron chi connectivity index (χ2n) is 7.26. The molecule has 2 atom stereocenters. The summed E-state index contributed by atoms with van der Waals surface area (Å²) < 4.78 is 0. The number of benzene rings is 3. The first-order valence-corrected chi connectivity index (χ1v) is 8.83. The van der Waals surface area contributed by atoms with Crippen molar-refractivity contribution in [2.75, 3.05) is 0 Å². The number of rotatable bonds is 2. The van der Waals surface area contributed by atoms with Gasteiger partial charge in [-0.1, -0.05) is 92.2 Å². The topological polar surface area (TPSA) is 0 Å². The molecule has 3 aromatic carbocycles. The molecule has 120 valence electrons. The normalized spacial score (nSPS) is 25.5. The highest BCUT2D eigenvalue weighted by Gasteiger charge is 2.48. The van der Waals surface area contributed by atoms with Gasteiger partial charge < -0.3 is 0 Å². The SMILES string of the molecule is CC1(c2ccccc2)CC(C)(c2ccc(Cl)cc2)c2ccccc21. The molecule has 0 aromatic heterocycles. The second-order valence-corrected chi connectivity index (χ2v) is 7.70. The summed E-state index contributed by atoms with van der Waals surface area (Å²) in [5, 5.41) is 0.791. The smallest absolute Gasteiger partial charge is 0.0406 e. The van der Waals surface area contributed by atoms with Gasteiger partial charge in [0.1, 0.15) is 0 Å². The molecule has 0 nitrogen and oxygen atoms in total. The van der Waals surface area contributed by atoms with Gasteiger partial charge in [-0.2, -0.15) is 0 Å². The molecule has 0 radical (unpaired) electrons. The fraction of sp³-hybridized carbons (Fsp3) is 0.217. The predicted molar refractivity (Wildman–Crippen MR) is 102 cm³/mol. The third kappa shape index (κ3) is 2.21. The molecule has 24 heavy (non-hydrogen) atoms. The van der Waals surface area contributed by atoms with Gasteiger partial charge in [-0.3, -0.25) is 0 Å². The Kier molecular flexibility index (Phi) is 3.54. The van der Waals surface area contributed by atoms with E-state index in [0.29, 0.717) is 0 Å². The van der Waals surface area contributed by atoms with E-state index in [1.807, 2.05) is 12.1 Å². The molecule has 1 heteroatoms. The Bertz CT molecular complexity index is 866. The molecule has 0 saturated carbocycles. The summed E-state index contributed by atoms with van der Waals surface area (Å²) >= 11 is 6.12. The number of fused-ring (bicyclic) bond motifs is 1. The van der Waals surface area contributed by atoms with Gasteiger partial charge in [-0.25, -0.2) is 0 Å². The lowest BCUT2D eigenvalue weighted by Crippen LogP contribution is -2.26. The van der Waals surface area contributed by atoms with E-state index >= 15 is 0 Å². The second kappa shape index (κ2) is 5.50. The average molecular weight is 333 g/mol. The highest BCUT2D eigenvalue weighted by molar-refractivity contribution is 6.30. The lowest BCUT2D eigenvalue weighted by molar-refractivity contribution is 0.450. The summed E-state index contributed by atoms with van der Waals surface area (Å²) in [5.74, 6) is 0. The van der Waals surface area contributed by atoms with Crippen LogP contribution in [-0.4, -0.2) is 0 Å². The van der Waals surface area contributed by atoms with Gasteiger partial charge >= 0.3 is 0 Å². The molecular formula is C23H21Cl. The van der Waals surface area contributed by atoms with Gasteiger partial charge in [0, 0.05) is 15.9 Å². The third-order valence-electron chi connectivity index (χ3n) is 5.72. The molecule has 1 aliphatic carbocycles. The largest absolute Gasteiger partial charge is 0.0843 e. The van der Waals surface area contributed by atoms with E-state index in [9.17, 15) is 0 Å². The first kappa shape index (κ1) is 15.5. The summed E-state index contributed by atoms with van der Waals surface area (Å²) in [6.07, 6.45) is 1.06. The van der Waals surface area contributed by atoms with E-state index in [4.69, 9.17) is 11.6 Å². The fourth-order valence-electron chi connectivity index (χ4n) is 4.48. The molecule has 0 amide bonds.